The van der Waals surface area contributed by atoms with E-state index in [1.165, 1.54) is 15.9 Å². The molecule has 0 radical (unpaired) electrons. The fraction of sp³-hybridized carbons (Fsp3) is 0.100. The molecule has 0 aliphatic heterocycles. The van der Waals surface area contributed by atoms with E-state index in [0.29, 0.717) is 10.7 Å². The van der Waals surface area contributed by atoms with Gasteiger partial charge in [0.1, 0.15) is 10.7 Å². The fourth-order valence-corrected chi connectivity index (χ4v) is 2.24. The first-order valence-electron chi connectivity index (χ1n) is 4.89. The molecule has 3 aromatic rings. The van der Waals surface area contributed by atoms with Gasteiger partial charge in [-0.05, 0) is 19.1 Å². The quantitative estimate of drug-likeness (QED) is 0.637. The number of aromatic nitrogens is 5. The molecule has 0 saturated heterocycles. The molecule has 84 valence electrons. The lowest BCUT2D eigenvalue weighted by Gasteiger charge is -1.91. The molecule has 0 aliphatic rings. The molecule has 0 amide bonds. The minimum absolute atomic E-state index is 0.230. The summed E-state index contributed by atoms with van der Waals surface area (Å²) < 4.78 is 1.28. The molecular weight excluding hydrogens is 238 g/mol. The predicted molar refractivity (Wildman–Crippen MR) is 62.9 cm³/mol. The third-order valence-corrected chi connectivity index (χ3v) is 3.22. The maximum absolute atomic E-state index is 11.8. The Morgan fingerprint density at radius 1 is 1.24 bits per heavy atom. The van der Waals surface area contributed by atoms with Crippen LogP contribution in [0.15, 0.2) is 29.3 Å². The number of aryl methyl sites for hydroxylation is 1. The fourth-order valence-electron chi connectivity index (χ4n) is 1.40. The molecule has 0 N–H and O–H groups in total. The van der Waals surface area contributed by atoms with Crippen molar-refractivity contribution in [1.29, 1.82) is 0 Å². The Kier molecular flexibility index (Phi) is 2.19. The van der Waals surface area contributed by atoms with Gasteiger partial charge in [0.25, 0.3) is 5.56 Å². The summed E-state index contributed by atoms with van der Waals surface area (Å²) in [5, 5.41) is 12.7. The van der Waals surface area contributed by atoms with Crippen molar-refractivity contribution in [3.63, 3.8) is 0 Å². The van der Waals surface area contributed by atoms with E-state index >= 15 is 0 Å². The van der Waals surface area contributed by atoms with E-state index in [4.69, 9.17) is 0 Å². The van der Waals surface area contributed by atoms with Crippen LogP contribution in [0.5, 0.6) is 0 Å². The van der Waals surface area contributed by atoms with Crippen LogP contribution in [0.1, 0.15) is 5.69 Å². The van der Waals surface area contributed by atoms with Crippen molar-refractivity contribution in [1.82, 2.24) is 24.8 Å². The highest BCUT2D eigenvalue weighted by atomic mass is 32.1. The van der Waals surface area contributed by atoms with Crippen molar-refractivity contribution in [2.45, 2.75) is 6.92 Å². The number of fused-ring (bicyclic) bond motifs is 1. The van der Waals surface area contributed by atoms with Crippen LogP contribution < -0.4 is 5.56 Å². The van der Waals surface area contributed by atoms with Gasteiger partial charge < -0.3 is 0 Å². The Morgan fingerprint density at radius 2 is 2.00 bits per heavy atom. The number of hydrogen-bond donors (Lipinski definition) is 0. The molecule has 0 bridgehead atoms. The lowest BCUT2D eigenvalue weighted by atomic mass is 10.3. The van der Waals surface area contributed by atoms with E-state index in [-0.39, 0.29) is 5.56 Å². The average molecular weight is 245 g/mol. The summed E-state index contributed by atoms with van der Waals surface area (Å²) in [5.74, 6) is 0. The summed E-state index contributed by atoms with van der Waals surface area (Å²) in [4.78, 5) is 16.2. The number of rotatable bonds is 1. The Bertz CT molecular complexity index is 733. The first-order valence-corrected chi connectivity index (χ1v) is 5.71. The van der Waals surface area contributed by atoms with Crippen molar-refractivity contribution in [3.05, 3.63) is 40.6 Å². The molecule has 3 aromatic heterocycles. The SMILES string of the molecule is Cc1nnc2sc(-c3ccncc3)nn2c1=O. The van der Waals surface area contributed by atoms with Gasteiger partial charge in [-0.2, -0.15) is 9.61 Å². The van der Waals surface area contributed by atoms with Crippen molar-refractivity contribution in [2.24, 2.45) is 0 Å². The topological polar surface area (TPSA) is 73.0 Å². The van der Waals surface area contributed by atoms with E-state index < -0.39 is 0 Å². The lowest BCUT2D eigenvalue weighted by molar-refractivity contribution is 0.829. The summed E-state index contributed by atoms with van der Waals surface area (Å²) in [6, 6.07) is 3.67. The summed E-state index contributed by atoms with van der Waals surface area (Å²) in [5.41, 5.74) is 1.02. The maximum Gasteiger partial charge on any atom is 0.296 e. The van der Waals surface area contributed by atoms with Gasteiger partial charge in [-0.25, -0.2) is 0 Å². The van der Waals surface area contributed by atoms with Gasteiger partial charge in [-0.1, -0.05) is 11.3 Å². The van der Waals surface area contributed by atoms with Crippen LogP contribution in [0.25, 0.3) is 15.5 Å². The monoisotopic (exact) mass is 245 g/mol. The molecule has 17 heavy (non-hydrogen) atoms. The molecule has 0 fully saturated rings. The van der Waals surface area contributed by atoms with Crippen molar-refractivity contribution in [2.75, 3.05) is 0 Å². The van der Waals surface area contributed by atoms with Gasteiger partial charge >= 0.3 is 0 Å². The van der Waals surface area contributed by atoms with Gasteiger partial charge in [0.2, 0.25) is 4.96 Å². The van der Waals surface area contributed by atoms with Crippen LogP contribution in [-0.4, -0.2) is 24.8 Å². The Hall–Kier alpha value is -2.15. The second-order valence-corrected chi connectivity index (χ2v) is 4.38. The van der Waals surface area contributed by atoms with Crippen molar-refractivity contribution < 1.29 is 0 Å². The first-order chi connectivity index (χ1) is 8.25. The maximum atomic E-state index is 11.8. The van der Waals surface area contributed by atoms with Crippen LogP contribution in [0, 0.1) is 6.92 Å². The molecule has 0 saturated carbocycles. The third kappa shape index (κ3) is 1.60. The molecule has 0 atom stereocenters. The number of nitrogens with zero attached hydrogens (tertiary/aromatic N) is 5. The van der Waals surface area contributed by atoms with Crippen molar-refractivity contribution >= 4 is 16.3 Å². The zero-order valence-corrected chi connectivity index (χ0v) is 9.68. The molecular formula is C10H7N5OS. The predicted octanol–water partition coefficient (Wildman–Crippen LogP) is 0.916. The highest BCUT2D eigenvalue weighted by Crippen LogP contribution is 2.22. The smallest absolute Gasteiger partial charge is 0.265 e. The third-order valence-electron chi connectivity index (χ3n) is 2.27. The molecule has 0 unspecified atom stereocenters. The van der Waals surface area contributed by atoms with Crippen molar-refractivity contribution in [3.8, 4) is 10.6 Å². The van der Waals surface area contributed by atoms with Crippen LogP contribution in [0.4, 0.5) is 0 Å². The minimum Gasteiger partial charge on any atom is -0.265 e. The van der Waals surface area contributed by atoms with Gasteiger partial charge in [0, 0.05) is 18.0 Å². The van der Waals surface area contributed by atoms with Crippen LogP contribution in [0.3, 0.4) is 0 Å². The normalized spacial score (nSPS) is 10.9. The Morgan fingerprint density at radius 3 is 2.76 bits per heavy atom. The van der Waals surface area contributed by atoms with Gasteiger partial charge in [-0.3, -0.25) is 9.78 Å². The molecule has 3 rings (SSSR count). The van der Waals surface area contributed by atoms with Gasteiger partial charge in [-0.15, -0.1) is 10.2 Å². The van der Waals surface area contributed by atoms with Gasteiger partial charge in [0.15, 0.2) is 0 Å². The molecule has 0 aromatic carbocycles. The molecule has 7 heteroatoms. The highest BCUT2D eigenvalue weighted by molar-refractivity contribution is 7.19. The standard InChI is InChI=1S/C10H7N5OS/c1-6-9(16)15-10(13-12-6)17-8(14-15)7-2-4-11-5-3-7/h2-5H,1H3. The number of hydrogen-bond acceptors (Lipinski definition) is 6. The zero-order valence-electron chi connectivity index (χ0n) is 8.86. The Balaban J connectivity index is 2.28. The second-order valence-electron chi connectivity index (χ2n) is 3.43. The summed E-state index contributed by atoms with van der Waals surface area (Å²) in [6.07, 6.45) is 3.36. The number of pyridine rings is 1. The van der Waals surface area contributed by atoms with E-state index in [9.17, 15) is 4.79 Å². The second kappa shape index (κ2) is 3.70. The summed E-state index contributed by atoms with van der Waals surface area (Å²) in [7, 11) is 0. The average Bonchev–Trinajstić information content (AvgIpc) is 2.80. The molecule has 6 nitrogen and oxygen atoms in total. The summed E-state index contributed by atoms with van der Waals surface area (Å²) in [6.45, 7) is 1.62. The van der Waals surface area contributed by atoms with E-state index in [0.717, 1.165) is 10.6 Å². The minimum atomic E-state index is -0.230. The van der Waals surface area contributed by atoms with Gasteiger partial charge in [0.05, 0.1) is 0 Å². The summed E-state index contributed by atoms with van der Waals surface area (Å²) >= 11 is 1.32. The first kappa shape index (κ1) is 10.0. The lowest BCUT2D eigenvalue weighted by Crippen LogP contribution is -2.19. The van der Waals surface area contributed by atoms with Crippen LogP contribution >= 0.6 is 11.3 Å². The van der Waals surface area contributed by atoms with Crippen LogP contribution in [0.2, 0.25) is 0 Å². The molecule has 0 aliphatic carbocycles. The highest BCUT2D eigenvalue weighted by Gasteiger charge is 2.10. The Labute approximate surface area is 99.6 Å². The molecule has 0 spiro atoms. The van der Waals surface area contributed by atoms with E-state index in [1.807, 2.05) is 12.1 Å². The van der Waals surface area contributed by atoms with E-state index in [1.54, 1.807) is 19.3 Å². The zero-order chi connectivity index (χ0) is 11.8. The largest absolute Gasteiger partial charge is 0.296 e. The molecule has 3 heterocycles. The van der Waals surface area contributed by atoms with Crippen LogP contribution in [-0.2, 0) is 0 Å². The van der Waals surface area contributed by atoms with E-state index in [2.05, 4.69) is 20.3 Å².